The zero-order valence-corrected chi connectivity index (χ0v) is 8.78. The molecule has 0 atom stereocenters. The fourth-order valence-corrected chi connectivity index (χ4v) is 1.61. The van der Waals surface area contributed by atoms with Crippen molar-refractivity contribution in [3.8, 4) is 17.3 Å². The van der Waals surface area contributed by atoms with Crippen molar-refractivity contribution in [2.75, 3.05) is 0 Å². The second-order valence-corrected chi connectivity index (χ2v) is 3.54. The summed E-state index contributed by atoms with van der Waals surface area (Å²) in [4.78, 5) is 4.34. The Hall–Kier alpha value is -2.74. The van der Waals surface area contributed by atoms with Crippen LogP contribution < -0.4 is 0 Å². The summed E-state index contributed by atoms with van der Waals surface area (Å²) in [7, 11) is 0. The van der Waals surface area contributed by atoms with Crippen molar-refractivity contribution in [1.82, 2.24) is 19.6 Å². The third-order valence-corrected chi connectivity index (χ3v) is 2.46. The second kappa shape index (κ2) is 3.68. The number of nitrogens with zero attached hydrogens (tertiary/aromatic N) is 5. The Morgan fingerprint density at radius 3 is 2.71 bits per heavy atom. The van der Waals surface area contributed by atoms with Gasteiger partial charge in [-0.25, -0.2) is 4.98 Å². The van der Waals surface area contributed by atoms with E-state index in [-0.39, 0.29) is 0 Å². The van der Waals surface area contributed by atoms with E-state index in [1.54, 1.807) is 28.9 Å². The number of aromatic nitrogens is 4. The van der Waals surface area contributed by atoms with Crippen molar-refractivity contribution in [2.45, 2.75) is 0 Å². The van der Waals surface area contributed by atoms with E-state index in [2.05, 4.69) is 21.3 Å². The first-order valence-electron chi connectivity index (χ1n) is 5.04. The van der Waals surface area contributed by atoms with Crippen LogP contribution in [0.2, 0.25) is 0 Å². The quantitative estimate of drug-likeness (QED) is 0.626. The van der Waals surface area contributed by atoms with Crippen LogP contribution in [-0.4, -0.2) is 19.6 Å². The maximum atomic E-state index is 8.73. The highest BCUT2D eigenvalue weighted by Gasteiger charge is 2.04. The number of fused-ring (bicyclic) bond motifs is 1. The Bertz CT molecular complexity index is 673. The molecule has 1 aromatic carbocycles. The van der Waals surface area contributed by atoms with Crippen LogP contribution in [0.15, 0.2) is 42.9 Å². The highest BCUT2D eigenvalue weighted by Crippen LogP contribution is 2.18. The minimum Gasteiger partial charge on any atom is -0.288 e. The minimum atomic E-state index is 0.562. The number of hydrogen-bond donors (Lipinski definition) is 0. The summed E-state index contributed by atoms with van der Waals surface area (Å²) in [6.45, 7) is 0. The van der Waals surface area contributed by atoms with Crippen LogP contribution in [0, 0.1) is 11.3 Å². The SMILES string of the molecule is N#Cc1ccc(-c2cn3ccnnc3n2)cc1. The molecular weight excluding hydrogens is 214 g/mol. The third kappa shape index (κ3) is 1.62. The number of benzene rings is 1. The van der Waals surface area contributed by atoms with Gasteiger partial charge in [0, 0.05) is 18.0 Å². The number of imidazole rings is 1. The van der Waals surface area contributed by atoms with Gasteiger partial charge in [-0.15, -0.1) is 5.10 Å². The Balaban J connectivity index is 2.11. The van der Waals surface area contributed by atoms with E-state index in [1.165, 1.54) is 0 Å². The van der Waals surface area contributed by atoms with E-state index in [1.807, 2.05) is 18.3 Å². The first-order chi connectivity index (χ1) is 8.36. The first kappa shape index (κ1) is 9.48. The fourth-order valence-electron chi connectivity index (χ4n) is 1.61. The molecule has 0 saturated carbocycles. The van der Waals surface area contributed by atoms with E-state index >= 15 is 0 Å². The summed E-state index contributed by atoms with van der Waals surface area (Å²) in [5, 5.41) is 16.4. The molecule has 0 aliphatic rings. The van der Waals surface area contributed by atoms with Crippen LogP contribution in [0.1, 0.15) is 5.56 Å². The Morgan fingerprint density at radius 1 is 1.18 bits per heavy atom. The summed E-state index contributed by atoms with van der Waals surface area (Å²) in [5.74, 6) is 0.562. The van der Waals surface area contributed by atoms with Crippen molar-refractivity contribution in [3.63, 3.8) is 0 Å². The zero-order valence-electron chi connectivity index (χ0n) is 8.78. The Labute approximate surface area is 97.0 Å². The fraction of sp³-hybridized carbons (Fsp3) is 0. The number of rotatable bonds is 1. The average Bonchev–Trinajstić information content (AvgIpc) is 2.82. The van der Waals surface area contributed by atoms with Gasteiger partial charge in [0.1, 0.15) is 0 Å². The van der Waals surface area contributed by atoms with Gasteiger partial charge in [-0.1, -0.05) is 12.1 Å². The first-order valence-corrected chi connectivity index (χ1v) is 5.04. The highest BCUT2D eigenvalue weighted by molar-refractivity contribution is 5.62. The molecule has 0 fully saturated rings. The molecule has 0 radical (unpaired) electrons. The highest BCUT2D eigenvalue weighted by atomic mass is 15.2. The zero-order chi connectivity index (χ0) is 11.7. The second-order valence-electron chi connectivity index (χ2n) is 3.54. The normalized spacial score (nSPS) is 10.3. The topological polar surface area (TPSA) is 66.9 Å². The molecule has 0 unspecified atom stereocenters. The van der Waals surface area contributed by atoms with Gasteiger partial charge in [0.25, 0.3) is 5.78 Å². The molecule has 0 N–H and O–H groups in total. The average molecular weight is 221 g/mol. The van der Waals surface area contributed by atoms with Crippen LogP contribution in [0.5, 0.6) is 0 Å². The van der Waals surface area contributed by atoms with Gasteiger partial charge in [0.05, 0.1) is 23.5 Å². The number of nitriles is 1. The molecule has 80 valence electrons. The van der Waals surface area contributed by atoms with Crippen LogP contribution in [0.25, 0.3) is 17.0 Å². The maximum Gasteiger partial charge on any atom is 0.254 e. The lowest BCUT2D eigenvalue weighted by Crippen LogP contribution is -1.87. The molecular formula is C12H7N5. The monoisotopic (exact) mass is 221 g/mol. The van der Waals surface area contributed by atoms with Gasteiger partial charge in [0.15, 0.2) is 0 Å². The van der Waals surface area contributed by atoms with Crippen LogP contribution in [0.4, 0.5) is 0 Å². The lowest BCUT2D eigenvalue weighted by atomic mass is 10.1. The van der Waals surface area contributed by atoms with Gasteiger partial charge in [-0.05, 0) is 12.1 Å². The molecule has 0 aliphatic heterocycles. The third-order valence-electron chi connectivity index (χ3n) is 2.46. The van der Waals surface area contributed by atoms with Crippen molar-refractivity contribution < 1.29 is 0 Å². The molecule has 0 amide bonds. The summed E-state index contributed by atoms with van der Waals surface area (Å²) >= 11 is 0. The minimum absolute atomic E-state index is 0.562. The predicted molar refractivity (Wildman–Crippen MR) is 60.9 cm³/mol. The summed E-state index contributed by atoms with van der Waals surface area (Å²) in [6.07, 6.45) is 5.28. The molecule has 17 heavy (non-hydrogen) atoms. The van der Waals surface area contributed by atoms with Crippen molar-refractivity contribution in [3.05, 3.63) is 48.4 Å². The Morgan fingerprint density at radius 2 is 2.00 bits per heavy atom. The van der Waals surface area contributed by atoms with E-state index in [4.69, 9.17) is 5.26 Å². The summed E-state index contributed by atoms with van der Waals surface area (Å²) < 4.78 is 1.81. The van der Waals surface area contributed by atoms with Crippen LogP contribution in [0.3, 0.4) is 0 Å². The van der Waals surface area contributed by atoms with Crippen molar-refractivity contribution >= 4 is 5.78 Å². The smallest absolute Gasteiger partial charge is 0.254 e. The molecule has 0 bridgehead atoms. The van der Waals surface area contributed by atoms with Gasteiger partial charge >= 0.3 is 0 Å². The van der Waals surface area contributed by atoms with E-state index in [9.17, 15) is 0 Å². The molecule has 0 spiro atoms. The van der Waals surface area contributed by atoms with Crippen LogP contribution >= 0.6 is 0 Å². The lowest BCUT2D eigenvalue weighted by molar-refractivity contribution is 0.966. The van der Waals surface area contributed by atoms with E-state index < -0.39 is 0 Å². The summed E-state index contributed by atoms with van der Waals surface area (Å²) in [6, 6.07) is 9.36. The van der Waals surface area contributed by atoms with Crippen molar-refractivity contribution in [2.24, 2.45) is 0 Å². The summed E-state index contributed by atoms with van der Waals surface area (Å²) in [5.41, 5.74) is 2.40. The molecule has 0 aliphatic carbocycles. The molecule has 2 aromatic heterocycles. The largest absolute Gasteiger partial charge is 0.288 e. The molecule has 5 nitrogen and oxygen atoms in total. The van der Waals surface area contributed by atoms with Crippen molar-refractivity contribution in [1.29, 1.82) is 5.26 Å². The van der Waals surface area contributed by atoms with Gasteiger partial charge in [-0.3, -0.25) is 4.40 Å². The maximum absolute atomic E-state index is 8.73. The lowest BCUT2D eigenvalue weighted by Gasteiger charge is -1.94. The molecule has 2 heterocycles. The molecule has 5 heteroatoms. The Kier molecular flexibility index (Phi) is 2.06. The molecule has 3 rings (SSSR count). The van der Waals surface area contributed by atoms with E-state index in [0.29, 0.717) is 11.3 Å². The van der Waals surface area contributed by atoms with Gasteiger partial charge in [-0.2, -0.15) is 10.4 Å². The number of hydrogen-bond acceptors (Lipinski definition) is 4. The molecule has 0 saturated heterocycles. The van der Waals surface area contributed by atoms with E-state index in [0.717, 1.165) is 11.3 Å². The van der Waals surface area contributed by atoms with Gasteiger partial charge < -0.3 is 0 Å². The predicted octanol–water partition coefficient (Wildman–Crippen LogP) is 1.66. The molecule has 3 aromatic rings. The van der Waals surface area contributed by atoms with Crippen LogP contribution in [-0.2, 0) is 0 Å². The standard InChI is InChI=1S/C12H7N5/c13-7-9-1-3-10(4-2-9)11-8-17-6-5-14-16-12(17)15-11/h1-6,8H. The van der Waals surface area contributed by atoms with Gasteiger partial charge in [0.2, 0.25) is 0 Å².